The van der Waals surface area contributed by atoms with Crippen molar-refractivity contribution < 1.29 is 28.5 Å². The Balaban J connectivity index is 1.50. The van der Waals surface area contributed by atoms with Crippen molar-refractivity contribution in [3.63, 3.8) is 0 Å². The first-order chi connectivity index (χ1) is 22.0. The number of nitrogens with zero attached hydrogens (tertiary/aromatic N) is 1. The maximum atomic E-state index is 14.2. The first-order valence-corrected chi connectivity index (χ1v) is 14.7. The summed E-state index contributed by atoms with van der Waals surface area (Å²) in [5.74, 6) is 0.796. The molecule has 4 aromatic rings. The third kappa shape index (κ3) is 7.94. The van der Waals surface area contributed by atoms with Gasteiger partial charge in [0.15, 0.2) is 11.6 Å². The zero-order chi connectivity index (χ0) is 31.5. The number of carbonyl (C=O) groups is 1. The molecule has 2 atom stereocenters. The second kappa shape index (κ2) is 15.1. The first kappa shape index (κ1) is 31.4. The van der Waals surface area contributed by atoms with E-state index < -0.39 is 17.6 Å². The Morgan fingerprint density at radius 2 is 1.80 bits per heavy atom. The molecule has 0 aliphatic carbocycles. The Hall–Kier alpha value is -4.99. The number of nitrogens with one attached hydrogen (secondary N) is 2. The van der Waals surface area contributed by atoms with Crippen molar-refractivity contribution in [1.29, 1.82) is 0 Å². The zero-order valence-electron chi connectivity index (χ0n) is 25.0. The molecular formula is C36H36FN3O5. The van der Waals surface area contributed by atoms with Gasteiger partial charge in [0.2, 0.25) is 5.90 Å². The van der Waals surface area contributed by atoms with Gasteiger partial charge in [-0.1, -0.05) is 66.7 Å². The second-order valence-corrected chi connectivity index (χ2v) is 10.5. The maximum absolute atomic E-state index is 14.2. The van der Waals surface area contributed by atoms with Gasteiger partial charge < -0.3 is 19.3 Å². The standard InChI is InChI=1S/C36H36FN3O5/c1-43-32-15-6-13-29(24-32)33-36(20-7-12-26-9-3-2-4-10-26,35(42)40-38-25-27-11-5-14-30(37)23-27)39-34(45-33)28-16-18-31(19-17-28)44-22-8-21-41/h2-7,9-19,23-24,33,38,41H,8,20-22,25H2,1H3,(H,40,42)/b12-7+/t33-,36-/m0/s1. The molecule has 1 aliphatic heterocycles. The van der Waals surface area contributed by atoms with E-state index in [4.69, 9.17) is 24.3 Å². The molecule has 1 amide bonds. The molecule has 1 aliphatic rings. The van der Waals surface area contributed by atoms with E-state index in [1.807, 2.05) is 78.9 Å². The van der Waals surface area contributed by atoms with Crippen LogP contribution in [-0.2, 0) is 16.1 Å². The van der Waals surface area contributed by atoms with Crippen LogP contribution >= 0.6 is 0 Å². The number of hydrogen-bond acceptors (Lipinski definition) is 7. The number of rotatable bonds is 14. The van der Waals surface area contributed by atoms with Crippen LogP contribution in [0.15, 0.2) is 114 Å². The van der Waals surface area contributed by atoms with Gasteiger partial charge in [-0.2, -0.15) is 0 Å². The number of amides is 1. The molecule has 9 heteroatoms. The molecule has 3 N–H and O–H groups in total. The summed E-state index contributed by atoms with van der Waals surface area (Å²) >= 11 is 0. The topological polar surface area (TPSA) is 101 Å². The summed E-state index contributed by atoms with van der Waals surface area (Å²) in [6, 6.07) is 30.6. The predicted molar refractivity (Wildman–Crippen MR) is 171 cm³/mol. The van der Waals surface area contributed by atoms with Crippen LogP contribution in [0, 0.1) is 5.82 Å². The molecule has 4 aromatic carbocycles. The molecule has 1 heterocycles. The van der Waals surface area contributed by atoms with E-state index in [1.54, 1.807) is 31.4 Å². The van der Waals surface area contributed by atoms with Crippen LogP contribution in [0.4, 0.5) is 4.39 Å². The van der Waals surface area contributed by atoms with Gasteiger partial charge in [0.25, 0.3) is 5.91 Å². The van der Waals surface area contributed by atoms with Crippen LogP contribution < -0.4 is 20.3 Å². The third-order valence-electron chi connectivity index (χ3n) is 7.35. The summed E-state index contributed by atoms with van der Waals surface area (Å²) < 4.78 is 31.5. The fourth-order valence-corrected chi connectivity index (χ4v) is 5.04. The van der Waals surface area contributed by atoms with E-state index >= 15 is 0 Å². The lowest BCUT2D eigenvalue weighted by molar-refractivity contribution is -0.129. The van der Waals surface area contributed by atoms with Gasteiger partial charge >= 0.3 is 0 Å². The summed E-state index contributed by atoms with van der Waals surface area (Å²) in [6.07, 6.45) is 3.80. The fraction of sp³-hybridized carbons (Fsp3) is 0.222. The molecule has 0 aromatic heterocycles. The average Bonchev–Trinajstić information content (AvgIpc) is 3.46. The number of carbonyl (C=O) groups excluding carboxylic acids is 1. The number of halogens is 1. The summed E-state index contributed by atoms with van der Waals surface area (Å²) in [5, 5.41) is 9.05. The third-order valence-corrected chi connectivity index (χ3v) is 7.35. The van der Waals surface area contributed by atoms with Crippen LogP contribution in [0.1, 0.15) is 41.2 Å². The molecule has 232 valence electrons. The summed E-state index contributed by atoms with van der Waals surface area (Å²) in [5.41, 5.74) is 7.38. The lowest BCUT2D eigenvalue weighted by atomic mass is 9.84. The number of hydrogen-bond donors (Lipinski definition) is 3. The van der Waals surface area contributed by atoms with Crippen molar-refractivity contribution >= 4 is 17.9 Å². The Bertz CT molecular complexity index is 1630. The SMILES string of the molecule is COc1cccc([C@@H]2OC(c3ccc(OCCCO)cc3)=N[C@]2(C/C=C/c2ccccc2)C(=O)NNCc2cccc(F)c2)c1. The molecule has 0 radical (unpaired) electrons. The predicted octanol–water partition coefficient (Wildman–Crippen LogP) is 5.78. The van der Waals surface area contributed by atoms with E-state index in [2.05, 4.69) is 10.9 Å². The quantitative estimate of drug-likeness (QED) is 0.124. The molecule has 45 heavy (non-hydrogen) atoms. The molecule has 0 bridgehead atoms. The monoisotopic (exact) mass is 609 g/mol. The van der Waals surface area contributed by atoms with Crippen LogP contribution in [0.3, 0.4) is 0 Å². The molecular weight excluding hydrogens is 573 g/mol. The highest BCUT2D eigenvalue weighted by Gasteiger charge is 2.52. The van der Waals surface area contributed by atoms with Gasteiger partial charge in [-0.05, 0) is 65.2 Å². The van der Waals surface area contributed by atoms with Crippen molar-refractivity contribution in [2.45, 2.75) is 31.0 Å². The normalized spacial score (nSPS) is 17.5. The Morgan fingerprint density at radius 1 is 1.00 bits per heavy atom. The molecule has 0 saturated heterocycles. The van der Waals surface area contributed by atoms with Crippen molar-refractivity contribution in [3.8, 4) is 11.5 Å². The smallest absolute Gasteiger partial charge is 0.266 e. The average molecular weight is 610 g/mol. The number of aliphatic imine (C=N–C) groups is 1. The van der Waals surface area contributed by atoms with Crippen molar-refractivity contribution in [1.82, 2.24) is 10.9 Å². The van der Waals surface area contributed by atoms with Gasteiger partial charge in [-0.25, -0.2) is 14.8 Å². The molecule has 0 saturated carbocycles. The maximum Gasteiger partial charge on any atom is 0.266 e. The van der Waals surface area contributed by atoms with E-state index in [9.17, 15) is 9.18 Å². The minimum atomic E-state index is -1.42. The Labute approximate surface area is 262 Å². The molecule has 0 fully saturated rings. The zero-order valence-corrected chi connectivity index (χ0v) is 25.0. The lowest BCUT2D eigenvalue weighted by Crippen LogP contribution is -2.52. The largest absolute Gasteiger partial charge is 0.497 e. The summed E-state index contributed by atoms with van der Waals surface area (Å²) in [6.45, 7) is 0.650. The van der Waals surface area contributed by atoms with E-state index in [0.717, 1.165) is 5.56 Å². The number of ether oxygens (including phenoxy) is 3. The van der Waals surface area contributed by atoms with Crippen LogP contribution in [0.25, 0.3) is 6.08 Å². The number of benzene rings is 4. The number of methoxy groups -OCH3 is 1. The van der Waals surface area contributed by atoms with Gasteiger partial charge in [-0.15, -0.1) is 0 Å². The lowest BCUT2D eigenvalue weighted by Gasteiger charge is -2.30. The molecule has 0 spiro atoms. The van der Waals surface area contributed by atoms with Crippen LogP contribution in [0.5, 0.6) is 11.5 Å². The highest BCUT2D eigenvalue weighted by atomic mass is 19.1. The van der Waals surface area contributed by atoms with E-state index in [1.165, 1.54) is 12.1 Å². The highest BCUT2D eigenvalue weighted by Crippen LogP contribution is 2.43. The molecule has 0 unspecified atom stereocenters. The van der Waals surface area contributed by atoms with Gasteiger partial charge in [0, 0.05) is 31.6 Å². The van der Waals surface area contributed by atoms with Crippen molar-refractivity contribution in [2.24, 2.45) is 4.99 Å². The van der Waals surface area contributed by atoms with Crippen molar-refractivity contribution in [3.05, 3.63) is 137 Å². The van der Waals surface area contributed by atoms with E-state index in [0.29, 0.717) is 47.1 Å². The van der Waals surface area contributed by atoms with E-state index in [-0.39, 0.29) is 25.4 Å². The first-order valence-electron chi connectivity index (χ1n) is 14.7. The summed E-state index contributed by atoms with van der Waals surface area (Å²) in [7, 11) is 1.58. The van der Waals surface area contributed by atoms with Crippen LogP contribution in [-0.4, -0.2) is 42.8 Å². The van der Waals surface area contributed by atoms with Gasteiger partial charge in [0.1, 0.15) is 17.3 Å². The van der Waals surface area contributed by atoms with Gasteiger partial charge in [0.05, 0.1) is 13.7 Å². The number of hydrazine groups is 1. The minimum absolute atomic E-state index is 0.0499. The Kier molecular flexibility index (Phi) is 10.6. The van der Waals surface area contributed by atoms with Crippen molar-refractivity contribution in [2.75, 3.05) is 20.3 Å². The summed E-state index contributed by atoms with van der Waals surface area (Å²) in [4.78, 5) is 19.2. The minimum Gasteiger partial charge on any atom is -0.497 e. The second-order valence-electron chi connectivity index (χ2n) is 10.5. The van der Waals surface area contributed by atoms with Gasteiger partial charge in [-0.3, -0.25) is 10.2 Å². The fourth-order valence-electron chi connectivity index (χ4n) is 5.04. The molecule has 8 nitrogen and oxygen atoms in total. The highest BCUT2D eigenvalue weighted by molar-refractivity contribution is 6.01. The van der Waals surface area contributed by atoms with Crippen LogP contribution in [0.2, 0.25) is 0 Å². The Morgan fingerprint density at radius 3 is 2.56 bits per heavy atom. The molecule has 5 rings (SSSR count). The number of aliphatic hydroxyl groups excluding tert-OH is 1. The number of aliphatic hydroxyl groups is 1.